The van der Waals surface area contributed by atoms with E-state index in [4.69, 9.17) is 10.5 Å². The predicted octanol–water partition coefficient (Wildman–Crippen LogP) is 1.77. The number of carbonyl (C=O) groups is 1. The van der Waals surface area contributed by atoms with Crippen LogP contribution in [0.2, 0.25) is 0 Å². The molecule has 1 amide bonds. The molecular weight excluding hydrogens is 316 g/mol. The fourth-order valence-electron chi connectivity index (χ4n) is 3.45. The number of nitrogens with two attached hydrogens (primary N) is 1. The van der Waals surface area contributed by atoms with Gasteiger partial charge in [-0.2, -0.15) is 0 Å². The maximum absolute atomic E-state index is 11.5. The largest absolute Gasteiger partial charge is 0.497 e. The highest BCUT2D eigenvalue weighted by molar-refractivity contribution is 5.85. The Morgan fingerprint density at radius 1 is 1.48 bits per heavy atom. The third-order valence-corrected chi connectivity index (χ3v) is 4.68. The second kappa shape index (κ2) is 7.99. The standard InChI is InChI=1S/C17H26N2O3.ClH/c1-19(2)11-14-9-12(16(18)20)7-8-17(14,21)13-5-4-6-15(10-13)22-3;/h4-6,10,12,14,21H,7-9,11H2,1-3H3,(H2,18,20);1H. The van der Waals surface area contributed by atoms with Crippen LogP contribution in [0.25, 0.3) is 0 Å². The molecule has 3 unspecified atom stereocenters. The van der Waals surface area contributed by atoms with Crippen molar-refractivity contribution in [3.8, 4) is 5.75 Å². The van der Waals surface area contributed by atoms with Gasteiger partial charge < -0.3 is 20.5 Å². The Balaban J connectivity index is 0.00000264. The van der Waals surface area contributed by atoms with Gasteiger partial charge in [0.2, 0.25) is 5.91 Å². The van der Waals surface area contributed by atoms with Gasteiger partial charge in [0, 0.05) is 18.4 Å². The first-order chi connectivity index (χ1) is 10.4. The van der Waals surface area contributed by atoms with Crippen molar-refractivity contribution in [3.63, 3.8) is 0 Å². The summed E-state index contributed by atoms with van der Waals surface area (Å²) in [5.41, 5.74) is 5.37. The summed E-state index contributed by atoms with van der Waals surface area (Å²) in [6.07, 6.45) is 1.76. The molecule has 1 saturated carbocycles. The average Bonchev–Trinajstić information content (AvgIpc) is 2.49. The minimum Gasteiger partial charge on any atom is -0.497 e. The molecule has 0 saturated heterocycles. The number of ether oxygens (including phenoxy) is 1. The smallest absolute Gasteiger partial charge is 0.220 e. The lowest BCUT2D eigenvalue weighted by Gasteiger charge is -2.44. The highest BCUT2D eigenvalue weighted by Gasteiger charge is 2.44. The number of nitrogens with zero attached hydrogens (tertiary/aromatic N) is 1. The van der Waals surface area contributed by atoms with E-state index in [1.165, 1.54) is 0 Å². The van der Waals surface area contributed by atoms with Gasteiger partial charge in [-0.15, -0.1) is 12.4 Å². The van der Waals surface area contributed by atoms with Crippen LogP contribution in [-0.2, 0) is 10.4 Å². The molecule has 1 aliphatic rings. The molecule has 0 spiro atoms. The topological polar surface area (TPSA) is 75.8 Å². The van der Waals surface area contributed by atoms with E-state index in [-0.39, 0.29) is 30.2 Å². The van der Waals surface area contributed by atoms with E-state index in [9.17, 15) is 9.90 Å². The Morgan fingerprint density at radius 2 is 2.17 bits per heavy atom. The molecule has 3 atom stereocenters. The summed E-state index contributed by atoms with van der Waals surface area (Å²) < 4.78 is 5.27. The van der Waals surface area contributed by atoms with Gasteiger partial charge in [-0.25, -0.2) is 0 Å². The quantitative estimate of drug-likeness (QED) is 0.855. The molecule has 1 aromatic rings. The van der Waals surface area contributed by atoms with Crippen LogP contribution in [-0.4, -0.2) is 43.7 Å². The number of methoxy groups -OCH3 is 1. The van der Waals surface area contributed by atoms with E-state index in [1.807, 2.05) is 43.3 Å². The summed E-state index contributed by atoms with van der Waals surface area (Å²) in [5, 5.41) is 11.3. The van der Waals surface area contributed by atoms with Gasteiger partial charge in [-0.05, 0) is 51.1 Å². The minimum absolute atomic E-state index is 0. The zero-order chi connectivity index (χ0) is 16.3. The zero-order valence-electron chi connectivity index (χ0n) is 14.0. The predicted molar refractivity (Wildman–Crippen MR) is 92.7 cm³/mol. The monoisotopic (exact) mass is 342 g/mol. The number of primary amides is 1. The third-order valence-electron chi connectivity index (χ3n) is 4.68. The third kappa shape index (κ3) is 4.37. The Morgan fingerprint density at radius 3 is 2.74 bits per heavy atom. The molecule has 0 radical (unpaired) electrons. The van der Waals surface area contributed by atoms with Crippen molar-refractivity contribution in [2.24, 2.45) is 17.6 Å². The molecule has 0 aliphatic heterocycles. The summed E-state index contributed by atoms with van der Waals surface area (Å²) in [6, 6.07) is 7.56. The molecule has 130 valence electrons. The van der Waals surface area contributed by atoms with Crippen molar-refractivity contribution >= 4 is 18.3 Å². The van der Waals surface area contributed by atoms with Crippen LogP contribution in [0, 0.1) is 11.8 Å². The molecule has 5 nitrogen and oxygen atoms in total. The SMILES string of the molecule is COc1cccc(C2(O)CCC(C(N)=O)CC2CN(C)C)c1.Cl. The average molecular weight is 343 g/mol. The van der Waals surface area contributed by atoms with Gasteiger partial charge in [0.25, 0.3) is 0 Å². The molecule has 0 heterocycles. The maximum atomic E-state index is 11.5. The van der Waals surface area contributed by atoms with Crippen LogP contribution in [0.4, 0.5) is 0 Å². The molecule has 2 rings (SSSR count). The highest BCUT2D eigenvalue weighted by atomic mass is 35.5. The van der Waals surface area contributed by atoms with Crippen LogP contribution in [0.1, 0.15) is 24.8 Å². The van der Waals surface area contributed by atoms with Crippen molar-refractivity contribution in [2.75, 3.05) is 27.7 Å². The Hall–Kier alpha value is -1.30. The molecule has 1 fully saturated rings. The number of halogens is 1. The van der Waals surface area contributed by atoms with Crippen molar-refractivity contribution in [1.82, 2.24) is 4.90 Å². The lowest BCUT2D eigenvalue weighted by molar-refractivity contribution is -0.129. The van der Waals surface area contributed by atoms with Crippen LogP contribution in [0.5, 0.6) is 5.75 Å². The molecule has 23 heavy (non-hydrogen) atoms. The van der Waals surface area contributed by atoms with E-state index >= 15 is 0 Å². The van der Waals surface area contributed by atoms with Crippen LogP contribution in [0.3, 0.4) is 0 Å². The Bertz CT molecular complexity index is 538. The number of rotatable bonds is 5. The minimum atomic E-state index is -0.954. The van der Waals surface area contributed by atoms with Crippen LogP contribution >= 0.6 is 12.4 Å². The number of amides is 1. The van der Waals surface area contributed by atoms with Crippen LogP contribution < -0.4 is 10.5 Å². The summed E-state index contributed by atoms with van der Waals surface area (Å²) in [7, 11) is 5.56. The molecule has 3 N–H and O–H groups in total. The zero-order valence-corrected chi connectivity index (χ0v) is 14.8. The number of carbonyl (C=O) groups excluding carboxylic acids is 1. The van der Waals surface area contributed by atoms with Crippen molar-refractivity contribution < 1.29 is 14.6 Å². The van der Waals surface area contributed by atoms with E-state index in [1.54, 1.807) is 7.11 Å². The summed E-state index contributed by atoms with van der Waals surface area (Å²) in [6.45, 7) is 0.706. The second-order valence-corrected chi connectivity index (χ2v) is 6.49. The highest BCUT2D eigenvalue weighted by Crippen LogP contribution is 2.44. The maximum Gasteiger partial charge on any atom is 0.220 e. The fourth-order valence-corrected chi connectivity index (χ4v) is 3.45. The number of hydrogen-bond donors (Lipinski definition) is 2. The molecule has 6 heteroatoms. The lowest BCUT2D eigenvalue weighted by atomic mass is 9.67. The Labute approximate surface area is 144 Å². The van der Waals surface area contributed by atoms with E-state index in [0.717, 1.165) is 11.3 Å². The molecule has 1 aromatic carbocycles. The van der Waals surface area contributed by atoms with E-state index in [0.29, 0.717) is 25.8 Å². The molecule has 1 aliphatic carbocycles. The summed E-state index contributed by atoms with van der Waals surface area (Å²) in [5.74, 6) is 0.264. The Kier molecular flexibility index (Phi) is 6.86. The van der Waals surface area contributed by atoms with Crippen LogP contribution in [0.15, 0.2) is 24.3 Å². The fraction of sp³-hybridized carbons (Fsp3) is 0.588. The van der Waals surface area contributed by atoms with E-state index in [2.05, 4.69) is 0 Å². The molecule has 0 aromatic heterocycles. The van der Waals surface area contributed by atoms with Crippen molar-refractivity contribution in [2.45, 2.75) is 24.9 Å². The normalized spacial score (nSPS) is 27.3. The first-order valence-corrected chi connectivity index (χ1v) is 7.67. The summed E-state index contributed by atoms with van der Waals surface area (Å²) in [4.78, 5) is 13.6. The van der Waals surface area contributed by atoms with Gasteiger partial charge in [0.15, 0.2) is 0 Å². The van der Waals surface area contributed by atoms with Gasteiger partial charge in [0.05, 0.1) is 12.7 Å². The van der Waals surface area contributed by atoms with E-state index < -0.39 is 5.60 Å². The lowest BCUT2D eigenvalue weighted by Crippen LogP contribution is -2.47. The number of hydrogen-bond acceptors (Lipinski definition) is 4. The van der Waals surface area contributed by atoms with Gasteiger partial charge in [-0.3, -0.25) is 4.79 Å². The van der Waals surface area contributed by atoms with Gasteiger partial charge in [-0.1, -0.05) is 12.1 Å². The van der Waals surface area contributed by atoms with Crippen molar-refractivity contribution in [1.29, 1.82) is 0 Å². The first-order valence-electron chi connectivity index (χ1n) is 7.67. The second-order valence-electron chi connectivity index (χ2n) is 6.49. The molecular formula is C17H27ClN2O3. The molecule has 0 bridgehead atoms. The van der Waals surface area contributed by atoms with Crippen molar-refractivity contribution in [3.05, 3.63) is 29.8 Å². The number of aliphatic hydroxyl groups is 1. The summed E-state index contributed by atoms with van der Waals surface area (Å²) >= 11 is 0. The number of benzene rings is 1. The first kappa shape index (κ1) is 19.7. The van der Waals surface area contributed by atoms with Gasteiger partial charge >= 0.3 is 0 Å². The van der Waals surface area contributed by atoms with Gasteiger partial charge in [0.1, 0.15) is 5.75 Å².